The summed E-state index contributed by atoms with van der Waals surface area (Å²) >= 11 is 6.06. The van der Waals surface area contributed by atoms with Crippen molar-refractivity contribution in [2.24, 2.45) is 0 Å². The Morgan fingerprint density at radius 1 is 1.06 bits per heavy atom. The Kier molecular flexibility index (Phi) is 4.24. The molecule has 0 saturated carbocycles. The molecule has 0 bridgehead atoms. The van der Waals surface area contributed by atoms with Gasteiger partial charge in [0.15, 0.2) is 0 Å². The van der Waals surface area contributed by atoms with Gasteiger partial charge in [0.25, 0.3) is 0 Å². The Hall–Kier alpha value is -1.51. The second-order valence-corrected chi connectivity index (χ2v) is 4.97. The van der Waals surface area contributed by atoms with Crippen LogP contribution in [0, 0.1) is 0 Å². The van der Waals surface area contributed by atoms with Crippen molar-refractivity contribution in [3.05, 3.63) is 59.1 Å². The molecule has 0 aliphatic rings. The van der Waals surface area contributed by atoms with Gasteiger partial charge in [0, 0.05) is 22.9 Å². The molecule has 2 aromatic carbocycles. The Balaban J connectivity index is 2.26. The van der Waals surface area contributed by atoms with E-state index in [4.69, 9.17) is 11.6 Å². The number of hydrogen-bond donors (Lipinski definition) is 1. The molecule has 94 valence electrons. The number of para-hydroxylation sites is 1. The normalized spacial score (nSPS) is 10.7. The Morgan fingerprint density at radius 3 is 2.44 bits per heavy atom. The van der Waals surface area contributed by atoms with Gasteiger partial charge in [-0.25, -0.2) is 0 Å². The van der Waals surface area contributed by atoms with Crippen LogP contribution >= 0.6 is 11.6 Å². The van der Waals surface area contributed by atoms with Crippen LogP contribution in [-0.2, 0) is 6.54 Å². The van der Waals surface area contributed by atoms with Gasteiger partial charge in [-0.1, -0.05) is 29.8 Å². The van der Waals surface area contributed by atoms with Crippen molar-refractivity contribution in [3.63, 3.8) is 0 Å². The molecule has 3 heteroatoms. The monoisotopic (exact) mass is 260 g/mol. The van der Waals surface area contributed by atoms with E-state index in [0.717, 1.165) is 22.9 Å². The summed E-state index contributed by atoms with van der Waals surface area (Å²) in [7, 11) is 4.10. The molecule has 0 saturated heterocycles. The van der Waals surface area contributed by atoms with E-state index < -0.39 is 0 Å². The number of rotatable bonds is 4. The molecule has 0 aliphatic heterocycles. The van der Waals surface area contributed by atoms with Crippen molar-refractivity contribution in [3.8, 4) is 0 Å². The molecule has 0 aliphatic carbocycles. The summed E-state index contributed by atoms with van der Waals surface area (Å²) in [5.74, 6) is 0. The molecule has 2 nitrogen and oxygen atoms in total. The van der Waals surface area contributed by atoms with E-state index >= 15 is 0 Å². The molecule has 0 spiro atoms. The standard InChI is InChI=1S/C15H17ClN2/c1-18(2)11-12-10-13(16)8-9-15(12)17-14-6-4-3-5-7-14/h3-10,17H,11H2,1-2H3. The van der Waals surface area contributed by atoms with Gasteiger partial charge in [0.2, 0.25) is 0 Å². The summed E-state index contributed by atoms with van der Waals surface area (Å²) in [5.41, 5.74) is 3.37. The summed E-state index contributed by atoms with van der Waals surface area (Å²) < 4.78 is 0. The van der Waals surface area contributed by atoms with Crippen molar-refractivity contribution >= 4 is 23.0 Å². The van der Waals surface area contributed by atoms with E-state index in [-0.39, 0.29) is 0 Å². The second kappa shape index (κ2) is 5.89. The van der Waals surface area contributed by atoms with Gasteiger partial charge < -0.3 is 10.2 Å². The molecule has 0 atom stereocenters. The van der Waals surface area contributed by atoms with Crippen LogP contribution in [0.15, 0.2) is 48.5 Å². The zero-order valence-corrected chi connectivity index (χ0v) is 11.4. The maximum absolute atomic E-state index is 6.06. The van der Waals surface area contributed by atoms with Crippen molar-refractivity contribution < 1.29 is 0 Å². The molecule has 0 fully saturated rings. The van der Waals surface area contributed by atoms with Gasteiger partial charge in [0.05, 0.1) is 0 Å². The highest BCUT2D eigenvalue weighted by molar-refractivity contribution is 6.30. The van der Waals surface area contributed by atoms with Crippen molar-refractivity contribution in [1.29, 1.82) is 0 Å². The molecule has 0 unspecified atom stereocenters. The predicted octanol–water partition coefficient (Wildman–Crippen LogP) is 4.15. The number of nitrogens with one attached hydrogen (secondary N) is 1. The minimum absolute atomic E-state index is 0.769. The second-order valence-electron chi connectivity index (χ2n) is 4.53. The molecular formula is C15H17ClN2. The van der Waals surface area contributed by atoms with Crippen LogP contribution in [0.25, 0.3) is 0 Å². The summed E-state index contributed by atoms with van der Waals surface area (Å²) in [6, 6.07) is 16.1. The van der Waals surface area contributed by atoms with Gasteiger partial charge >= 0.3 is 0 Å². The number of halogens is 1. The van der Waals surface area contributed by atoms with Crippen LogP contribution in [0.5, 0.6) is 0 Å². The van der Waals surface area contributed by atoms with Gasteiger partial charge in [-0.2, -0.15) is 0 Å². The number of anilines is 2. The number of benzene rings is 2. The summed E-state index contributed by atoms with van der Waals surface area (Å²) in [6.07, 6.45) is 0. The molecule has 18 heavy (non-hydrogen) atoms. The lowest BCUT2D eigenvalue weighted by atomic mass is 10.1. The average Bonchev–Trinajstić information content (AvgIpc) is 2.33. The fraction of sp³-hybridized carbons (Fsp3) is 0.200. The summed E-state index contributed by atoms with van der Waals surface area (Å²) in [4.78, 5) is 2.13. The van der Waals surface area contributed by atoms with Crippen molar-refractivity contribution in [2.75, 3.05) is 19.4 Å². The van der Waals surface area contributed by atoms with E-state index in [2.05, 4.69) is 10.2 Å². The van der Waals surface area contributed by atoms with Crippen molar-refractivity contribution in [2.45, 2.75) is 6.54 Å². The topological polar surface area (TPSA) is 15.3 Å². The third kappa shape index (κ3) is 3.49. The average molecular weight is 261 g/mol. The largest absolute Gasteiger partial charge is 0.355 e. The first-order chi connectivity index (χ1) is 8.65. The lowest BCUT2D eigenvalue weighted by molar-refractivity contribution is 0.403. The first kappa shape index (κ1) is 12.9. The molecular weight excluding hydrogens is 244 g/mol. The van der Waals surface area contributed by atoms with Crippen LogP contribution in [0.1, 0.15) is 5.56 Å². The maximum atomic E-state index is 6.06. The minimum Gasteiger partial charge on any atom is -0.355 e. The Bertz CT molecular complexity index is 509. The van der Waals surface area contributed by atoms with Crippen LogP contribution in [0.4, 0.5) is 11.4 Å². The summed E-state index contributed by atoms with van der Waals surface area (Å²) in [6.45, 7) is 0.857. The van der Waals surface area contributed by atoms with Gasteiger partial charge in [-0.3, -0.25) is 0 Å². The molecule has 0 amide bonds. The maximum Gasteiger partial charge on any atom is 0.0430 e. The third-order valence-electron chi connectivity index (χ3n) is 2.61. The van der Waals surface area contributed by atoms with E-state index in [1.165, 1.54) is 5.56 Å². The zero-order chi connectivity index (χ0) is 13.0. The van der Waals surface area contributed by atoms with E-state index in [0.29, 0.717) is 0 Å². The molecule has 2 rings (SSSR count). The molecule has 0 radical (unpaired) electrons. The van der Waals surface area contributed by atoms with E-state index in [1.54, 1.807) is 0 Å². The predicted molar refractivity (Wildman–Crippen MR) is 78.6 cm³/mol. The van der Waals surface area contributed by atoms with E-state index in [9.17, 15) is 0 Å². The highest BCUT2D eigenvalue weighted by Gasteiger charge is 2.05. The first-order valence-corrected chi connectivity index (χ1v) is 6.28. The lowest BCUT2D eigenvalue weighted by Crippen LogP contribution is -2.12. The van der Waals surface area contributed by atoms with Crippen LogP contribution < -0.4 is 5.32 Å². The zero-order valence-electron chi connectivity index (χ0n) is 10.7. The van der Waals surface area contributed by atoms with Crippen LogP contribution in [-0.4, -0.2) is 19.0 Å². The van der Waals surface area contributed by atoms with Crippen molar-refractivity contribution in [1.82, 2.24) is 4.90 Å². The number of nitrogens with zero attached hydrogens (tertiary/aromatic N) is 1. The highest BCUT2D eigenvalue weighted by atomic mass is 35.5. The van der Waals surface area contributed by atoms with Crippen LogP contribution in [0.2, 0.25) is 5.02 Å². The Labute approximate surface area is 113 Å². The fourth-order valence-electron chi connectivity index (χ4n) is 1.83. The fourth-order valence-corrected chi connectivity index (χ4v) is 2.03. The smallest absolute Gasteiger partial charge is 0.0430 e. The quantitative estimate of drug-likeness (QED) is 0.889. The molecule has 2 aromatic rings. The Morgan fingerprint density at radius 2 is 1.78 bits per heavy atom. The van der Waals surface area contributed by atoms with Gasteiger partial charge in [-0.15, -0.1) is 0 Å². The van der Waals surface area contributed by atoms with E-state index in [1.807, 2.05) is 62.6 Å². The van der Waals surface area contributed by atoms with Gasteiger partial charge in [-0.05, 0) is 50.0 Å². The van der Waals surface area contributed by atoms with Gasteiger partial charge in [0.1, 0.15) is 0 Å². The summed E-state index contributed by atoms with van der Waals surface area (Å²) in [5, 5.41) is 4.19. The SMILES string of the molecule is CN(C)Cc1cc(Cl)ccc1Nc1ccccc1. The third-order valence-corrected chi connectivity index (χ3v) is 2.84. The minimum atomic E-state index is 0.769. The first-order valence-electron chi connectivity index (χ1n) is 5.90. The molecule has 0 heterocycles. The van der Waals surface area contributed by atoms with Crippen LogP contribution in [0.3, 0.4) is 0 Å². The lowest BCUT2D eigenvalue weighted by Gasteiger charge is -2.16. The molecule has 0 aromatic heterocycles. The molecule has 1 N–H and O–H groups in total. The highest BCUT2D eigenvalue weighted by Crippen LogP contribution is 2.25. The number of hydrogen-bond acceptors (Lipinski definition) is 2.